The third-order valence-electron chi connectivity index (χ3n) is 3.79. The molecule has 4 heteroatoms. The summed E-state index contributed by atoms with van der Waals surface area (Å²) >= 11 is 0. The van der Waals surface area contributed by atoms with Gasteiger partial charge in [0.05, 0.1) is 12.6 Å². The van der Waals surface area contributed by atoms with Crippen LogP contribution in [0.2, 0.25) is 0 Å². The van der Waals surface area contributed by atoms with Gasteiger partial charge in [-0.2, -0.15) is 0 Å². The van der Waals surface area contributed by atoms with E-state index in [0.29, 0.717) is 24.9 Å². The van der Waals surface area contributed by atoms with E-state index in [4.69, 9.17) is 10.5 Å². The molecule has 0 spiro atoms. The van der Waals surface area contributed by atoms with Crippen LogP contribution >= 0.6 is 0 Å². The summed E-state index contributed by atoms with van der Waals surface area (Å²) in [7, 11) is 1.67. The van der Waals surface area contributed by atoms with Crippen LogP contribution in [0, 0.1) is 11.8 Å². The Balaban J connectivity index is 2.35. The highest BCUT2D eigenvalue weighted by atomic mass is 16.5. The number of amides is 1. The zero-order valence-corrected chi connectivity index (χ0v) is 11.9. The lowest BCUT2D eigenvalue weighted by Crippen LogP contribution is -2.42. The predicted molar refractivity (Wildman–Crippen MR) is 73.2 cm³/mol. The van der Waals surface area contributed by atoms with Crippen LogP contribution in [0.15, 0.2) is 0 Å². The van der Waals surface area contributed by atoms with Gasteiger partial charge in [-0.3, -0.25) is 4.79 Å². The molecule has 18 heavy (non-hydrogen) atoms. The molecule has 1 fully saturated rings. The molecule has 0 saturated heterocycles. The Kier molecular flexibility index (Phi) is 6.65. The number of carbonyl (C=O) groups excluding carboxylic acids is 1. The van der Waals surface area contributed by atoms with Crippen molar-refractivity contribution in [3.05, 3.63) is 0 Å². The molecule has 0 heterocycles. The zero-order valence-electron chi connectivity index (χ0n) is 11.9. The molecule has 0 aliphatic heterocycles. The van der Waals surface area contributed by atoms with E-state index in [1.807, 2.05) is 0 Å². The molecule has 3 N–H and O–H groups in total. The number of hydrogen-bond donors (Lipinski definition) is 2. The van der Waals surface area contributed by atoms with E-state index in [1.54, 1.807) is 7.11 Å². The predicted octanol–water partition coefficient (Wildman–Crippen LogP) is 1.68. The summed E-state index contributed by atoms with van der Waals surface area (Å²) in [6, 6.07) is 0.399. The van der Waals surface area contributed by atoms with E-state index in [0.717, 1.165) is 25.7 Å². The summed E-state index contributed by atoms with van der Waals surface area (Å²) in [4.78, 5) is 12.0. The molecule has 106 valence electrons. The van der Waals surface area contributed by atoms with Crippen LogP contribution in [0.25, 0.3) is 0 Å². The van der Waals surface area contributed by atoms with Crippen molar-refractivity contribution < 1.29 is 9.53 Å². The van der Waals surface area contributed by atoms with Gasteiger partial charge in [0.2, 0.25) is 5.91 Å². The van der Waals surface area contributed by atoms with Crippen molar-refractivity contribution in [2.45, 2.75) is 58.0 Å². The molecule has 0 aromatic heterocycles. The topological polar surface area (TPSA) is 64.3 Å². The van der Waals surface area contributed by atoms with Gasteiger partial charge in [-0.05, 0) is 31.1 Å². The highest BCUT2D eigenvalue weighted by Gasteiger charge is 2.23. The Hall–Kier alpha value is -0.610. The van der Waals surface area contributed by atoms with Crippen LogP contribution in [0.5, 0.6) is 0 Å². The molecule has 4 nitrogen and oxygen atoms in total. The van der Waals surface area contributed by atoms with E-state index in [9.17, 15) is 4.79 Å². The van der Waals surface area contributed by atoms with Crippen LogP contribution in [0.3, 0.4) is 0 Å². The largest absolute Gasteiger partial charge is 0.383 e. The van der Waals surface area contributed by atoms with Gasteiger partial charge in [0.1, 0.15) is 0 Å². The minimum absolute atomic E-state index is 0.111. The third kappa shape index (κ3) is 5.36. The van der Waals surface area contributed by atoms with Crippen LogP contribution < -0.4 is 11.1 Å². The quantitative estimate of drug-likeness (QED) is 0.760. The van der Waals surface area contributed by atoms with E-state index in [2.05, 4.69) is 19.2 Å². The summed E-state index contributed by atoms with van der Waals surface area (Å²) in [6.45, 7) is 4.77. The summed E-state index contributed by atoms with van der Waals surface area (Å²) in [5, 5.41) is 3.07. The molecular formula is C14H28N2O2. The first-order chi connectivity index (χ1) is 8.52. The Morgan fingerprint density at radius 2 is 2.17 bits per heavy atom. The van der Waals surface area contributed by atoms with Crippen molar-refractivity contribution >= 4 is 5.91 Å². The van der Waals surface area contributed by atoms with Crippen molar-refractivity contribution in [1.82, 2.24) is 5.32 Å². The standard InChI is InChI=1S/C14H28N2O2/c1-10(2)13(9-18-3)16-14(17)8-11-5-4-6-12(15)7-11/h10-13H,4-9,15H2,1-3H3,(H,16,17). The summed E-state index contributed by atoms with van der Waals surface area (Å²) < 4.78 is 5.14. The van der Waals surface area contributed by atoms with Gasteiger partial charge in [-0.25, -0.2) is 0 Å². The smallest absolute Gasteiger partial charge is 0.220 e. The molecule has 0 aromatic carbocycles. The van der Waals surface area contributed by atoms with Gasteiger partial charge in [0.25, 0.3) is 0 Å². The van der Waals surface area contributed by atoms with Crippen molar-refractivity contribution in [3.8, 4) is 0 Å². The molecule has 1 saturated carbocycles. The minimum Gasteiger partial charge on any atom is -0.383 e. The van der Waals surface area contributed by atoms with Crippen LogP contribution in [-0.4, -0.2) is 31.7 Å². The lowest BCUT2D eigenvalue weighted by molar-refractivity contribution is -0.123. The van der Waals surface area contributed by atoms with Crippen LogP contribution in [0.1, 0.15) is 46.0 Å². The molecule has 0 aromatic rings. The van der Waals surface area contributed by atoms with E-state index >= 15 is 0 Å². The fraction of sp³-hybridized carbons (Fsp3) is 0.929. The van der Waals surface area contributed by atoms with Gasteiger partial charge < -0.3 is 15.8 Å². The third-order valence-corrected chi connectivity index (χ3v) is 3.79. The monoisotopic (exact) mass is 256 g/mol. The maximum absolute atomic E-state index is 12.0. The molecular weight excluding hydrogens is 228 g/mol. The molecule has 3 unspecified atom stereocenters. The van der Waals surface area contributed by atoms with E-state index in [-0.39, 0.29) is 18.0 Å². The minimum atomic E-state index is 0.111. The Bertz CT molecular complexity index is 256. The zero-order chi connectivity index (χ0) is 13.5. The summed E-state index contributed by atoms with van der Waals surface area (Å²) in [6.07, 6.45) is 5.00. The number of nitrogens with one attached hydrogen (secondary N) is 1. The van der Waals surface area contributed by atoms with Crippen molar-refractivity contribution in [3.63, 3.8) is 0 Å². The fourth-order valence-electron chi connectivity index (χ4n) is 2.63. The van der Waals surface area contributed by atoms with Crippen LogP contribution in [-0.2, 0) is 9.53 Å². The molecule has 3 atom stereocenters. The Labute approximate surface area is 111 Å². The van der Waals surface area contributed by atoms with Gasteiger partial charge in [0, 0.05) is 19.6 Å². The van der Waals surface area contributed by atoms with Gasteiger partial charge in [-0.1, -0.05) is 20.3 Å². The molecule has 0 bridgehead atoms. The SMILES string of the molecule is COCC(NC(=O)CC1CCCC(N)C1)C(C)C. The highest BCUT2D eigenvalue weighted by Crippen LogP contribution is 2.25. The second-order valence-corrected chi connectivity index (χ2v) is 5.87. The normalized spacial score (nSPS) is 26.1. The summed E-state index contributed by atoms with van der Waals surface area (Å²) in [5.74, 6) is 0.997. The average molecular weight is 256 g/mol. The van der Waals surface area contributed by atoms with Gasteiger partial charge >= 0.3 is 0 Å². The maximum atomic E-state index is 12.0. The number of ether oxygens (including phenoxy) is 1. The highest BCUT2D eigenvalue weighted by molar-refractivity contribution is 5.76. The molecule has 1 aliphatic rings. The van der Waals surface area contributed by atoms with Crippen molar-refractivity contribution in [2.75, 3.05) is 13.7 Å². The number of rotatable bonds is 6. The first-order valence-corrected chi connectivity index (χ1v) is 7.06. The molecule has 1 rings (SSSR count). The van der Waals surface area contributed by atoms with Gasteiger partial charge in [-0.15, -0.1) is 0 Å². The van der Waals surface area contributed by atoms with Crippen LogP contribution in [0.4, 0.5) is 0 Å². The van der Waals surface area contributed by atoms with Crippen molar-refractivity contribution in [1.29, 1.82) is 0 Å². The van der Waals surface area contributed by atoms with Crippen molar-refractivity contribution in [2.24, 2.45) is 17.6 Å². The first-order valence-electron chi connectivity index (χ1n) is 7.06. The fourth-order valence-corrected chi connectivity index (χ4v) is 2.63. The lowest BCUT2D eigenvalue weighted by Gasteiger charge is -2.27. The lowest BCUT2D eigenvalue weighted by atomic mass is 9.84. The Morgan fingerprint density at radius 3 is 2.72 bits per heavy atom. The summed E-state index contributed by atoms with van der Waals surface area (Å²) in [5.41, 5.74) is 5.95. The van der Waals surface area contributed by atoms with Gasteiger partial charge in [0.15, 0.2) is 0 Å². The number of hydrogen-bond acceptors (Lipinski definition) is 3. The number of nitrogens with two attached hydrogens (primary N) is 1. The Morgan fingerprint density at radius 1 is 1.44 bits per heavy atom. The second-order valence-electron chi connectivity index (χ2n) is 5.87. The second kappa shape index (κ2) is 7.74. The first kappa shape index (κ1) is 15.4. The van der Waals surface area contributed by atoms with E-state index in [1.165, 1.54) is 0 Å². The molecule has 1 aliphatic carbocycles. The molecule has 1 amide bonds. The average Bonchev–Trinajstić information content (AvgIpc) is 2.28. The van der Waals surface area contributed by atoms with E-state index < -0.39 is 0 Å². The maximum Gasteiger partial charge on any atom is 0.220 e. The number of carbonyl (C=O) groups is 1. The number of methoxy groups -OCH3 is 1. The molecule has 0 radical (unpaired) electrons.